The van der Waals surface area contributed by atoms with Crippen LogP contribution < -0.4 is 0 Å². The summed E-state index contributed by atoms with van der Waals surface area (Å²) in [4.78, 5) is 45.3. The molecule has 0 unspecified atom stereocenters. The standard InChI is InChI=1S/C16H20O6/c1-9(15(19)20)7-13(17)11-3-5-12(6-4-11)14(18)8-10(2)16(21)22/h7-8,11-12H,3-6H2,1-2H3,(H,19,20)(H,21,22). The van der Waals surface area contributed by atoms with Crippen molar-refractivity contribution in [1.82, 2.24) is 0 Å². The molecule has 0 aromatic heterocycles. The second-order valence-electron chi connectivity index (χ2n) is 5.62. The van der Waals surface area contributed by atoms with Crippen LogP contribution in [-0.2, 0) is 19.2 Å². The van der Waals surface area contributed by atoms with Crippen molar-refractivity contribution in [2.24, 2.45) is 11.8 Å². The number of hydrogen-bond donors (Lipinski definition) is 2. The summed E-state index contributed by atoms with van der Waals surface area (Å²) in [6, 6.07) is 0. The van der Waals surface area contributed by atoms with Crippen molar-refractivity contribution < 1.29 is 29.4 Å². The monoisotopic (exact) mass is 308 g/mol. The van der Waals surface area contributed by atoms with Crippen molar-refractivity contribution in [1.29, 1.82) is 0 Å². The van der Waals surface area contributed by atoms with Gasteiger partial charge in [0.2, 0.25) is 0 Å². The minimum atomic E-state index is -1.12. The van der Waals surface area contributed by atoms with E-state index in [1.165, 1.54) is 13.8 Å². The Bertz CT molecular complexity index is 497. The van der Waals surface area contributed by atoms with E-state index in [1.807, 2.05) is 0 Å². The average Bonchev–Trinajstić information content (AvgIpc) is 2.46. The molecule has 6 heteroatoms. The maximum Gasteiger partial charge on any atom is 0.331 e. The predicted molar refractivity (Wildman–Crippen MR) is 78.2 cm³/mol. The van der Waals surface area contributed by atoms with E-state index in [9.17, 15) is 19.2 Å². The third kappa shape index (κ3) is 4.95. The molecule has 0 aliphatic heterocycles. The summed E-state index contributed by atoms with van der Waals surface area (Å²) < 4.78 is 0. The van der Waals surface area contributed by atoms with Gasteiger partial charge in [-0.25, -0.2) is 9.59 Å². The summed E-state index contributed by atoms with van der Waals surface area (Å²) >= 11 is 0. The highest BCUT2D eigenvalue weighted by molar-refractivity contribution is 6.00. The van der Waals surface area contributed by atoms with Gasteiger partial charge in [-0.2, -0.15) is 0 Å². The molecule has 0 heterocycles. The lowest BCUT2D eigenvalue weighted by Gasteiger charge is -2.25. The van der Waals surface area contributed by atoms with Gasteiger partial charge in [0, 0.05) is 23.0 Å². The lowest BCUT2D eigenvalue weighted by Crippen LogP contribution is -2.25. The van der Waals surface area contributed by atoms with Crippen molar-refractivity contribution in [3.63, 3.8) is 0 Å². The largest absolute Gasteiger partial charge is 0.478 e. The number of hydrogen-bond acceptors (Lipinski definition) is 4. The summed E-state index contributed by atoms with van der Waals surface area (Å²) in [6.45, 7) is 2.74. The average molecular weight is 308 g/mol. The molecule has 120 valence electrons. The molecular formula is C16H20O6. The van der Waals surface area contributed by atoms with Crippen LogP contribution in [0.5, 0.6) is 0 Å². The van der Waals surface area contributed by atoms with Crippen LogP contribution in [0.4, 0.5) is 0 Å². The molecule has 1 aliphatic carbocycles. The second kappa shape index (κ2) is 7.68. The molecule has 0 amide bonds. The third-order valence-electron chi connectivity index (χ3n) is 3.92. The molecule has 0 radical (unpaired) electrons. The number of aliphatic carboxylic acids is 2. The summed E-state index contributed by atoms with van der Waals surface area (Å²) in [5.41, 5.74) is 0.00596. The number of allylic oxidation sites excluding steroid dienone is 2. The van der Waals surface area contributed by atoms with Gasteiger partial charge in [0.25, 0.3) is 0 Å². The van der Waals surface area contributed by atoms with Gasteiger partial charge in [-0.15, -0.1) is 0 Å². The van der Waals surface area contributed by atoms with Crippen molar-refractivity contribution in [3.8, 4) is 0 Å². The molecule has 2 N–H and O–H groups in total. The first-order valence-electron chi connectivity index (χ1n) is 7.13. The van der Waals surface area contributed by atoms with Crippen LogP contribution in [0, 0.1) is 11.8 Å². The van der Waals surface area contributed by atoms with Gasteiger partial charge in [-0.1, -0.05) is 0 Å². The first kappa shape index (κ1) is 17.8. The molecule has 0 spiro atoms. The summed E-state index contributed by atoms with van der Waals surface area (Å²) in [5, 5.41) is 17.5. The Morgan fingerprint density at radius 3 is 1.23 bits per heavy atom. The van der Waals surface area contributed by atoms with Crippen LogP contribution in [0.2, 0.25) is 0 Å². The number of carboxylic acids is 2. The van der Waals surface area contributed by atoms with E-state index < -0.39 is 11.9 Å². The molecule has 0 saturated heterocycles. The Morgan fingerprint density at radius 1 is 0.727 bits per heavy atom. The highest BCUT2D eigenvalue weighted by Gasteiger charge is 2.28. The van der Waals surface area contributed by atoms with Crippen LogP contribution in [-0.4, -0.2) is 33.7 Å². The van der Waals surface area contributed by atoms with Crippen molar-refractivity contribution >= 4 is 23.5 Å². The molecule has 1 aliphatic rings. The zero-order valence-electron chi connectivity index (χ0n) is 12.7. The Hall–Kier alpha value is -2.24. The van der Waals surface area contributed by atoms with E-state index in [0.29, 0.717) is 25.7 Å². The molecule has 1 fully saturated rings. The van der Waals surface area contributed by atoms with Crippen LogP contribution in [0.3, 0.4) is 0 Å². The fourth-order valence-corrected chi connectivity index (χ4v) is 2.45. The summed E-state index contributed by atoms with van der Waals surface area (Å²) in [7, 11) is 0. The molecule has 0 aromatic rings. The van der Waals surface area contributed by atoms with E-state index in [-0.39, 0.29) is 34.5 Å². The van der Waals surface area contributed by atoms with Crippen molar-refractivity contribution in [3.05, 3.63) is 23.3 Å². The number of carbonyl (C=O) groups is 4. The number of carbonyl (C=O) groups excluding carboxylic acids is 2. The van der Waals surface area contributed by atoms with Gasteiger partial charge < -0.3 is 10.2 Å². The third-order valence-corrected chi connectivity index (χ3v) is 3.92. The molecule has 1 rings (SSSR count). The Kier molecular flexibility index (Phi) is 6.22. The number of carboxylic acid groups (broad SMARTS) is 2. The van der Waals surface area contributed by atoms with E-state index in [0.717, 1.165) is 12.2 Å². The Labute approximate surface area is 128 Å². The molecule has 0 atom stereocenters. The zero-order chi connectivity index (χ0) is 16.9. The lowest BCUT2D eigenvalue weighted by molar-refractivity contribution is -0.133. The first-order chi connectivity index (χ1) is 10.2. The van der Waals surface area contributed by atoms with Gasteiger partial charge in [0.05, 0.1) is 0 Å². The molecular weight excluding hydrogens is 288 g/mol. The highest BCUT2D eigenvalue weighted by atomic mass is 16.4. The van der Waals surface area contributed by atoms with Gasteiger partial charge in [0.15, 0.2) is 11.6 Å². The van der Waals surface area contributed by atoms with Gasteiger partial charge in [-0.3, -0.25) is 9.59 Å². The van der Waals surface area contributed by atoms with E-state index in [4.69, 9.17) is 10.2 Å². The van der Waals surface area contributed by atoms with Crippen LogP contribution in [0.25, 0.3) is 0 Å². The Balaban J connectivity index is 2.60. The topological polar surface area (TPSA) is 109 Å². The van der Waals surface area contributed by atoms with Gasteiger partial charge in [-0.05, 0) is 51.7 Å². The fourth-order valence-electron chi connectivity index (χ4n) is 2.45. The molecule has 22 heavy (non-hydrogen) atoms. The SMILES string of the molecule is CC(=CC(=O)C1CCC(C(=O)C=C(C)C(=O)O)CC1)C(=O)O. The van der Waals surface area contributed by atoms with Gasteiger partial charge in [0.1, 0.15) is 0 Å². The number of ketones is 2. The smallest absolute Gasteiger partial charge is 0.331 e. The van der Waals surface area contributed by atoms with E-state index >= 15 is 0 Å². The fraction of sp³-hybridized carbons (Fsp3) is 0.500. The normalized spacial score (nSPS) is 23.0. The zero-order valence-corrected chi connectivity index (χ0v) is 12.7. The van der Waals surface area contributed by atoms with Crippen LogP contribution >= 0.6 is 0 Å². The second-order valence-corrected chi connectivity index (χ2v) is 5.62. The van der Waals surface area contributed by atoms with E-state index in [2.05, 4.69) is 0 Å². The quantitative estimate of drug-likeness (QED) is 0.726. The maximum absolute atomic E-state index is 11.9. The summed E-state index contributed by atoms with van der Waals surface area (Å²) in [5.74, 6) is -3.20. The minimum Gasteiger partial charge on any atom is -0.478 e. The molecule has 6 nitrogen and oxygen atoms in total. The first-order valence-corrected chi connectivity index (χ1v) is 7.13. The van der Waals surface area contributed by atoms with Crippen LogP contribution in [0.15, 0.2) is 23.3 Å². The minimum absolute atomic E-state index is 0.00298. The van der Waals surface area contributed by atoms with Crippen LogP contribution in [0.1, 0.15) is 39.5 Å². The Morgan fingerprint density at radius 2 is 1.00 bits per heavy atom. The number of rotatable bonds is 6. The van der Waals surface area contributed by atoms with Gasteiger partial charge >= 0.3 is 11.9 Å². The summed E-state index contributed by atoms with van der Waals surface area (Å²) in [6.07, 6.45) is 4.33. The molecule has 1 saturated carbocycles. The maximum atomic E-state index is 11.9. The molecule has 0 bridgehead atoms. The molecule has 0 aromatic carbocycles. The predicted octanol–water partition coefficient (Wildman–Crippen LogP) is 1.99. The highest BCUT2D eigenvalue weighted by Crippen LogP contribution is 2.30. The van der Waals surface area contributed by atoms with Crippen molar-refractivity contribution in [2.75, 3.05) is 0 Å². The lowest BCUT2D eigenvalue weighted by atomic mass is 9.78. The van der Waals surface area contributed by atoms with Crippen molar-refractivity contribution in [2.45, 2.75) is 39.5 Å². The van der Waals surface area contributed by atoms with E-state index in [1.54, 1.807) is 0 Å².